The van der Waals surface area contributed by atoms with Gasteiger partial charge in [-0.2, -0.15) is 5.10 Å². The number of benzene rings is 1. The predicted molar refractivity (Wildman–Crippen MR) is 83.8 cm³/mol. The van der Waals surface area contributed by atoms with Gasteiger partial charge in [-0.15, -0.1) is 0 Å². The molecular weight excluding hydrogens is 264 g/mol. The summed E-state index contributed by atoms with van der Waals surface area (Å²) in [6, 6.07) is 9.94. The molecule has 1 fully saturated rings. The average Bonchev–Trinajstić information content (AvgIpc) is 2.44. The van der Waals surface area contributed by atoms with Gasteiger partial charge in [-0.05, 0) is 17.4 Å². The molecule has 0 spiro atoms. The van der Waals surface area contributed by atoms with Gasteiger partial charge in [0.05, 0.1) is 12.6 Å². The molecule has 1 aliphatic heterocycles. The molecule has 21 heavy (non-hydrogen) atoms. The van der Waals surface area contributed by atoms with Crippen molar-refractivity contribution in [3.05, 3.63) is 35.9 Å². The lowest BCUT2D eigenvalue weighted by molar-refractivity contribution is -0.180. The molecule has 114 valence electrons. The van der Waals surface area contributed by atoms with Crippen molar-refractivity contribution in [2.24, 2.45) is 16.9 Å². The molecule has 1 aromatic rings. The number of hydrazone groups is 1. The summed E-state index contributed by atoms with van der Waals surface area (Å²) >= 11 is 0. The maximum atomic E-state index is 12.2. The molecular formula is C17H24N2O2. The first-order chi connectivity index (χ1) is 10.0. The van der Waals surface area contributed by atoms with Crippen LogP contribution in [0.3, 0.4) is 0 Å². The highest BCUT2D eigenvalue weighted by molar-refractivity contribution is 5.89. The third kappa shape index (κ3) is 3.70. The number of carbonyl (C=O) groups excluding carboxylic acids is 1. The molecule has 0 aliphatic carbocycles. The number of hydrogen-bond acceptors (Lipinski definition) is 3. The Kier molecular flexibility index (Phi) is 5.12. The zero-order valence-corrected chi connectivity index (χ0v) is 13.2. The molecule has 4 heteroatoms. The first-order valence-electron chi connectivity index (χ1n) is 7.53. The summed E-state index contributed by atoms with van der Waals surface area (Å²) in [7, 11) is 0. The van der Waals surface area contributed by atoms with E-state index < -0.39 is 0 Å². The summed E-state index contributed by atoms with van der Waals surface area (Å²) in [4.78, 5) is 12.2. The van der Waals surface area contributed by atoms with Gasteiger partial charge in [-0.3, -0.25) is 4.79 Å². The van der Waals surface area contributed by atoms with E-state index in [1.165, 1.54) is 0 Å². The van der Waals surface area contributed by atoms with Crippen LogP contribution in [-0.4, -0.2) is 29.3 Å². The summed E-state index contributed by atoms with van der Waals surface area (Å²) in [5.74, 6) is 0.601. The van der Waals surface area contributed by atoms with Crippen molar-refractivity contribution in [3.8, 4) is 0 Å². The maximum Gasteiger partial charge on any atom is 0.274 e. The summed E-state index contributed by atoms with van der Waals surface area (Å²) in [5.41, 5.74) is 1.08. The van der Waals surface area contributed by atoms with Crippen LogP contribution in [0.5, 0.6) is 0 Å². The van der Waals surface area contributed by atoms with Crippen LogP contribution in [0.4, 0.5) is 0 Å². The van der Waals surface area contributed by atoms with Gasteiger partial charge >= 0.3 is 0 Å². The van der Waals surface area contributed by atoms with Crippen LogP contribution in [0.2, 0.25) is 0 Å². The zero-order valence-electron chi connectivity index (χ0n) is 13.2. The second-order valence-corrected chi connectivity index (χ2v) is 6.14. The number of amides is 1. The number of rotatable bonds is 6. The molecule has 1 aliphatic rings. The molecule has 1 amide bonds. The summed E-state index contributed by atoms with van der Waals surface area (Å²) in [6.07, 6.45) is 1.43. The van der Waals surface area contributed by atoms with E-state index in [0.717, 1.165) is 5.56 Å². The Morgan fingerprint density at radius 1 is 1.24 bits per heavy atom. The van der Waals surface area contributed by atoms with Crippen molar-refractivity contribution in [3.63, 3.8) is 0 Å². The molecule has 1 heterocycles. The summed E-state index contributed by atoms with van der Waals surface area (Å²) in [6.45, 7) is 8.73. The predicted octanol–water partition coefficient (Wildman–Crippen LogP) is 3.08. The first-order valence-corrected chi connectivity index (χ1v) is 7.53. The molecule has 0 bridgehead atoms. The van der Waals surface area contributed by atoms with E-state index in [-0.39, 0.29) is 18.1 Å². The van der Waals surface area contributed by atoms with Crippen molar-refractivity contribution in [1.29, 1.82) is 0 Å². The Morgan fingerprint density at radius 2 is 1.90 bits per heavy atom. The number of β-lactam (4-membered cyclic amide) rings is 1. The van der Waals surface area contributed by atoms with Crippen LogP contribution in [0.25, 0.3) is 0 Å². The number of hydrogen-bond donors (Lipinski definition) is 0. The number of carbonyl (C=O) groups is 1. The quantitative estimate of drug-likeness (QED) is 0.596. The van der Waals surface area contributed by atoms with E-state index in [1.54, 1.807) is 11.2 Å². The second-order valence-electron chi connectivity index (χ2n) is 6.14. The van der Waals surface area contributed by atoms with Crippen molar-refractivity contribution >= 4 is 12.1 Å². The van der Waals surface area contributed by atoms with Gasteiger partial charge in [0.2, 0.25) is 0 Å². The average molecular weight is 288 g/mol. The van der Waals surface area contributed by atoms with E-state index in [0.29, 0.717) is 18.4 Å². The van der Waals surface area contributed by atoms with Crippen LogP contribution in [0, 0.1) is 11.8 Å². The molecule has 0 saturated carbocycles. The Labute approximate surface area is 126 Å². The fourth-order valence-corrected chi connectivity index (χ4v) is 2.37. The van der Waals surface area contributed by atoms with Gasteiger partial charge in [0.15, 0.2) is 6.10 Å². The lowest BCUT2D eigenvalue weighted by atomic mass is 9.90. The molecule has 0 N–H and O–H groups in total. The van der Waals surface area contributed by atoms with Crippen molar-refractivity contribution in [2.45, 2.75) is 46.4 Å². The smallest absolute Gasteiger partial charge is 0.274 e. The molecule has 1 aromatic carbocycles. The molecule has 0 aromatic heterocycles. The van der Waals surface area contributed by atoms with Gasteiger partial charge in [-0.1, -0.05) is 58.0 Å². The normalized spacial score (nSPS) is 22.4. The number of nitrogens with zero attached hydrogens (tertiary/aromatic N) is 2. The van der Waals surface area contributed by atoms with E-state index in [2.05, 4.69) is 18.9 Å². The first kappa shape index (κ1) is 15.7. The van der Waals surface area contributed by atoms with Crippen molar-refractivity contribution in [2.75, 3.05) is 0 Å². The van der Waals surface area contributed by atoms with E-state index in [9.17, 15) is 4.79 Å². The van der Waals surface area contributed by atoms with Crippen LogP contribution >= 0.6 is 0 Å². The van der Waals surface area contributed by atoms with Gasteiger partial charge in [-0.25, -0.2) is 5.01 Å². The highest BCUT2D eigenvalue weighted by Crippen LogP contribution is 2.30. The standard InChI is InChI=1S/C17H24N2O2/c1-12(2)10-18-19-15(13(3)4)16(17(19)20)21-11-14-8-6-5-7-9-14/h5-10,12-13,15-16H,11H2,1-4H3/b18-10+/t15-,16+/m0/s1. The SMILES string of the molecule is CC(C)/C=N/N1C(=O)[C@H](OCc2ccccc2)[C@@H]1C(C)C. The van der Waals surface area contributed by atoms with Crippen LogP contribution in [-0.2, 0) is 16.1 Å². The molecule has 1 saturated heterocycles. The Bertz CT molecular complexity index is 497. The third-order valence-electron chi connectivity index (χ3n) is 3.51. The summed E-state index contributed by atoms with van der Waals surface area (Å²) < 4.78 is 5.82. The largest absolute Gasteiger partial charge is 0.361 e. The summed E-state index contributed by atoms with van der Waals surface area (Å²) in [5, 5.41) is 5.87. The van der Waals surface area contributed by atoms with Crippen LogP contribution in [0.1, 0.15) is 33.3 Å². The molecule has 4 nitrogen and oxygen atoms in total. The third-order valence-corrected chi connectivity index (χ3v) is 3.51. The highest BCUT2D eigenvalue weighted by Gasteiger charge is 2.50. The van der Waals surface area contributed by atoms with Crippen LogP contribution < -0.4 is 0 Å². The fourth-order valence-electron chi connectivity index (χ4n) is 2.37. The van der Waals surface area contributed by atoms with E-state index >= 15 is 0 Å². The van der Waals surface area contributed by atoms with Gasteiger partial charge in [0.1, 0.15) is 0 Å². The zero-order chi connectivity index (χ0) is 15.4. The van der Waals surface area contributed by atoms with E-state index in [1.807, 2.05) is 44.2 Å². The maximum absolute atomic E-state index is 12.2. The second kappa shape index (κ2) is 6.85. The highest BCUT2D eigenvalue weighted by atomic mass is 16.5. The minimum absolute atomic E-state index is 0.0243. The molecule has 2 rings (SSSR count). The lowest BCUT2D eigenvalue weighted by Crippen LogP contribution is -2.65. The number of ether oxygens (including phenoxy) is 1. The van der Waals surface area contributed by atoms with Crippen molar-refractivity contribution in [1.82, 2.24) is 5.01 Å². The van der Waals surface area contributed by atoms with E-state index in [4.69, 9.17) is 4.74 Å². The Balaban J connectivity index is 1.98. The lowest BCUT2D eigenvalue weighted by Gasteiger charge is -2.45. The molecule has 2 atom stereocenters. The minimum atomic E-state index is -0.380. The Morgan fingerprint density at radius 3 is 2.48 bits per heavy atom. The van der Waals surface area contributed by atoms with Crippen LogP contribution in [0.15, 0.2) is 35.4 Å². The topological polar surface area (TPSA) is 41.9 Å². The minimum Gasteiger partial charge on any atom is -0.361 e. The van der Waals surface area contributed by atoms with Crippen molar-refractivity contribution < 1.29 is 9.53 Å². The van der Waals surface area contributed by atoms with Gasteiger partial charge in [0, 0.05) is 6.21 Å². The Hall–Kier alpha value is -1.68. The fraction of sp³-hybridized carbons (Fsp3) is 0.529. The van der Waals surface area contributed by atoms with Gasteiger partial charge < -0.3 is 4.74 Å². The van der Waals surface area contributed by atoms with Gasteiger partial charge in [0.25, 0.3) is 5.91 Å². The molecule has 0 radical (unpaired) electrons. The molecule has 0 unspecified atom stereocenters. The monoisotopic (exact) mass is 288 g/mol.